The summed E-state index contributed by atoms with van der Waals surface area (Å²) in [6, 6.07) is 0. The van der Waals surface area contributed by atoms with Crippen LogP contribution < -0.4 is 0 Å². The Hall–Kier alpha value is -0.830. The van der Waals surface area contributed by atoms with Gasteiger partial charge < -0.3 is 9.52 Å². The molecule has 3 nitrogen and oxygen atoms in total. The van der Waals surface area contributed by atoms with Gasteiger partial charge in [0.25, 0.3) is 0 Å². The minimum atomic E-state index is -0.0449. The van der Waals surface area contributed by atoms with Crippen molar-refractivity contribution in [3.05, 3.63) is 17.8 Å². The first kappa shape index (κ1) is 10.3. The van der Waals surface area contributed by atoms with Crippen LogP contribution in [0, 0.1) is 5.92 Å². The molecule has 1 heterocycles. The number of aliphatic hydroxyl groups is 1. The Morgan fingerprint density at radius 1 is 1.54 bits per heavy atom. The van der Waals surface area contributed by atoms with Gasteiger partial charge in [0.2, 0.25) is 0 Å². The van der Waals surface area contributed by atoms with Crippen molar-refractivity contribution in [1.82, 2.24) is 4.98 Å². The molecule has 0 aromatic carbocycles. The molecule has 1 unspecified atom stereocenters. The van der Waals surface area contributed by atoms with E-state index in [4.69, 9.17) is 9.52 Å². The molecule has 1 aromatic rings. The highest BCUT2D eigenvalue weighted by molar-refractivity contribution is 4.99. The summed E-state index contributed by atoms with van der Waals surface area (Å²) in [5.74, 6) is 1.62. The topological polar surface area (TPSA) is 46.3 Å². The predicted octanol–water partition coefficient (Wildman–Crippen LogP) is 2.32. The maximum Gasteiger partial charge on any atom is 0.197 e. The van der Waals surface area contributed by atoms with Crippen molar-refractivity contribution in [3.8, 4) is 0 Å². The zero-order chi connectivity index (χ0) is 9.84. The van der Waals surface area contributed by atoms with Crippen molar-refractivity contribution < 1.29 is 9.52 Å². The maximum atomic E-state index is 8.81. The van der Waals surface area contributed by atoms with Crippen LogP contribution in [-0.2, 0) is 6.61 Å². The summed E-state index contributed by atoms with van der Waals surface area (Å²) in [5, 5.41) is 8.81. The normalized spacial score (nSPS) is 15.7. The summed E-state index contributed by atoms with van der Waals surface area (Å²) in [5.41, 5.74) is 0.616. The fourth-order valence-electron chi connectivity index (χ4n) is 1.20. The van der Waals surface area contributed by atoms with E-state index in [1.54, 1.807) is 0 Å². The van der Waals surface area contributed by atoms with Gasteiger partial charge in [-0.2, -0.15) is 0 Å². The van der Waals surface area contributed by atoms with Crippen LogP contribution in [0.5, 0.6) is 0 Å². The van der Waals surface area contributed by atoms with E-state index in [1.807, 2.05) is 0 Å². The van der Waals surface area contributed by atoms with Crippen LogP contribution in [0.1, 0.15) is 44.7 Å². The highest BCUT2D eigenvalue weighted by atomic mass is 16.3. The number of oxazole rings is 1. The van der Waals surface area contributed by atoms with Gasteiger partial charge in [-0.1, -0.05) is 27.2 Å². The molecule has 2 atom stereocenters. The zero-order valence-corrected chi connectivity index (χ0v) is 8.45. The Labute approximate surface area is 78.8 Å². The molecule has 3 heteroatoms. The van der Waals surface area contributed by atoms with Gasteiger partial charge >= 0.3 is 0 Å². The van der Waals surface area contributed by atoms with Crippen molar-refractivity contribution in [2.75, 3.05) is 0 Å². The Balaban J connectivity index is 2.70. The average Bonchev–Trinajstić information content (AvgIpc) is 2.63. The molecule has 0 saturated heterocycles. The van der Waals surface area contributed by atoms with Gasteiger partial charge in [0.05, 0.1) is 6.61 Å². The number of hydrogen-bond acceptors (Lipinski definition) is 3. The van der Waals surface area contributed by atoms with Crippen molar-refractivity contribution in [2.45, 2.75) is 39.7 Å². The number of aromatic nitrogens is 1. The van der Waals surface area contributed by atoms with Crippen LogP contribution in [0.25, 0.3) is 0 Å². The average molecular weight is 183 g/mol. The van der Waals surface area contributed by atoms with E-state index in [0.717, 1.165) is 12.3 Å². The van der Waals surface area contributed by atoms with Crippen LogP contribution in [0.3, 0.4) is 0 Å². The molecule has 1 N–H and O–H groups in total. The maximum absolute atomic E-state index is 8.81. The lowest BCUT2D eigenvalue weighted by atomic mass is 9.94. The summed E-state index contributed by atoms with van der Waals surface area (Å²) in [4.78, 5) is 4.18. The van der Waals surface area contributed by atoms with E-state index in [1.165, 1.54) is 6.26 Å². The van der Waals surface area contributed by atoms with Crippen molar-refractivity contribution in [2.24, 2.45) is 5.92 Å². The molecule has 0 amide bonds. The van der Waals surface area contributed by atoms with E-state index in [2.05, 4.69) is 25.8 Å². The Kier molecular flexibility index (Phi) is 3.48. The Bertz CT molecular complexity index is 257. The summed E-state index contributed by atoms with van der Waals surface area (Å²) in [7, 11) is 0. The molecule has 13 heavy (non-hydrogen) atoms. The van der Waals surface area contributed by atoms with E-state index < -0.39 is 0 Å². The molecule has 0 aliphatic rings. The molecule has 1 aromatic heterocycles. The summed E-state index contributed by atoms with van der Waals surface area (Å²) < 4.78 is 5.27. The fourth-order valence-corrected chi connectivity index (χ4v) is 1.20. The van der Waals surface area contributed by atoms with Gasteiger partial charge in [-0.3, -0.25) is 0 Å². The van der Waals surface area contributed by atoms with Crippen LogP contribution in [0.2, 0.25) is 0 Å². The molecule has 74 valence electrons. The Morgan fingerprint density at radius 3 is 2.69 bits per heavy atom. The predicted molar refractivity (Wildman–Crippen MR) is 50.3 cm³/mol. The van der Waals surface area contributed by atoms with E-state index in [-0.39, 0.29) is 6.61 Å². The number of nitrogens with zero attached hydrogens (tertiary/aromatic N) is 1. The quantitative estimate of drug-likeness (QED) is 0.779. The standard InChI is InChI=1S/C10H17NO2/c1-4-7(2)8(3)10-11-9(5-12)6-13-10/h6-8,12H,4-5H2,1-3H3/t7?,8-/m0/s1. The molecule has 0 radical (unpaired) electrons. The summed E-state index contributed by atoms with van der Waals surface area (Å²) in [6.07, 6.45) is 2.63. The van der Waals surface area contributed by atoms with Gasteiger partial charge in [-0.05, 0) is 5.92 Å². The molecule has 0 aliphatic carbocycles. The van der Waals surface area contributed by atoms with Crippen molar-refractivity contribution >= 4 is 0 Å². The lowest BCUT2D eigenvalue weighted by Crippen LogP contribution is -2.05. The third kappa shape index (κ3) is 2.31. The second-order valence-corrected chi connectivity index (χ2v) is 3.51. The molecule has 0 fully saturated rings. The zero-order valence-electron chi connectivity index (χ0n) is 8.45. The minimum Gasteiger partial charge on any atom is -0.448 e. The first-order chi connectivity index (χ1) is 6.19. The van der Waals surface area contributed by atoms with E-state index in [0.29, 0.717) is 17.5 Å². The highest BCUT2D eigenvalue weighted by Crippen LogP contribution is 2.25. The second-order valence-electron chi connectivity index (χ2n) is 3.51. The monoisotopic (exact) mass is 183 g/mol. The SMILES string of the molecule is CCC(C)[C@H](C)c1nc(CO)co1. The van der Waals surface area contributed by atoms with Gasteiger partial charge in [-0.25, -0.2) is 4.98 Å². The van der Waals surface area contributed by atoms with Crippen molar-refractivity contribution in [1.29, 1.82) is 0 Å². The molecule has 0 spiro atoms. The van der Waals surface area contributed by atoms with Gasteiger partial charge in [0.1, 0.15) is 12.0 Å². The first-order valence-corrected chi connectivity index (χ1v) is 4.74. The van der Waals surface area contributed by atoms with Gasteiger partial charge in [-0.15, -0.1) is 0 Å². The van der Waals surface area contributed by atoms with E-state index in [9.17, 15) is 0 Å². The van der Waals surface area contributed by atoms with E-state index >= 15 is 0 Å². The van der Waals surface area contributed by atoms with Crippen molar-refractivity contribution in [3.63, 3.8) is 0 Å². The van der Waals surface area contributed by atoms with Crippen LogP contribution in [0.15, 0.2) is 10.7 Å². The largest absolute Gasteiger partial charge is 0.448 e. The number of rotatable bonds is 4. The van der Waals surface area contributed by atoms with Crippen LogP contribution in [0.4, 0.5) is 0 Å². The fraction of sp³-hybridized carbons (Fsp3) is 0.700. The number of hydrogen-bond donors (Lipinski definition) is 1. The van der Waals surface area contributed by atoms with Gasteiger partial charge in [0, 0.05) is 5.92 Å². The summed E-state index contributed by atoms with van der Waals surface area (Å²) >= 11 is 0. The lowest BCUT2D eigenvalue weighted by Gasteiger charge is -2.13. The lowest BCUT2D eigenvalue weighted by molar-refractivity contribution is 0.276. The molecule has 0 aliphatic heterocycles. The Morgan fingerprint density at radius 2 is 2.23 bits per heavy atom. The molecular formula is C10H17NO2. The molecule has 0 saturated carbocycles. The molecular weight excluding hydrogens is 166 g/mol. The summed E-state index contributed by atoms with van der Waals surface area (Å²) in [6.45, 7) is 6.38. The second kappa shape index (κ2) is 4.42. The smallest absolute Gasteiger partial charge is 0.197 e. The highest BCUT2D eigenvalue weighted by Gasteiger charge is 2.17. The molecule has 0 bridgehead atoms. The third-order valence-electron chi connectivity index (χ3n) is 2.62. The molecule has 1 rings (SSSR count). The van der Waals surface area contributed by atoms with Gasteiger partial charge in [0.15, 0.2) is 5.89 Å². The van der Waals surface area contributed by atoms with Crippen LogP contribution in [-0.4, -0.2) is 10.1 Å². The first-order valence-electron chi connectivity index (χ1n) is 4.74. The minimum absolute atomic E-state index is 0.0449. The third-order valence-corrected chi connectivity index (χ3v) is 2.62. The number of aliphatic hydroxyl groups excluding tert-OH is 1. The van der Waals surface area contributed by atoms with Crippen LogP contribution >= 0.6 is 0 Å².